The van der Waals surface area contributed by atoms with E-state index in [0.717, 1.165) is 22.5 Å². The Morgan fingerprint density at radius 2 is 1.81 bits per heavy atom. The molecule has 108 valence electrons. The number of imidazole rings is 1. The molecule has 1 aromatic carbocycles. The number of hydrogen-bond donors (Lipinski definition) is 1. The Hall–Kier alpha value is -2.69. The van der Waals surface area contributed by atoms with Gasteiger partial charge in [-0.25, -0.2) is 4.98 Å². The van der Waals surface area contributed by atoms with Gasteiger partial charge in [0.25, 0.3) is 0 Å². The van der Waals surface area contributed by atoms with E-state index in [4.69, 9.17) is 15.2 Å². The van der Waals surface area contributed by atoms with E-state index in [9.17, 15) is 0 Å². The number of rotatable bonds is 3. The molecule has 0 unspecified atom stereocenters. The number of nitrogens with two attached hydrogens (primary N) is 1. The minimum Gasteiger partial charge on any atom is -0.493 e. The summed E-state index contributed by atoms with van der Waals surface area (Å²) in [5, 5.41) is 0. The van der Waals surface area contributed by atoms with Gasteiger partial charge in [-0.05, 0) is 42.8 Å². The number of anilines is 1. The molecule has 0 spiro atoms. The zero-order chi connectivity index (χ0) is 15.0. The Morgan fingerprint density at radius 1 is 1.05 bits per heavy atom. The first-order valence-corrected chi connectivity index (χ1v) is 6.60. The minimum absolute atomic E-state index is 0.609. The van der Waals surface area contributed by atoms with Crippen molar-refractivity contribution >= 4 is 11.5 Å². The summed E-state index contributed by atoms with van der Waals surface area (Å²) in [4.78, 5) is 4.62. The van der Waals surface area contributed by atoms with Crippen molar-refractivity contribution < 1.29 is 9.47 Å². The third-order valence-electron chi connectivity index (χ3n) is 3.48. The molecule has 3 aromatic rings. The van der Waals surface area contributed by atoms with E-state index in [1.165, 1.54) is 0 Å². The SMILES string of the molecule is COc1ccc(-c2nc3cc(C)ccn3c2N)cc1OC. The summed E-state index contributed by atoms with van der Waals surface area (Å²) in [6.45, 7) is 2.03. The summed E-state index contributed by atoms with van der Waals surface area (Å²) in [7, 11) is 3.22. The fourth-order valence-corrected chi connectivity index (χ4v) is 2.36. The largest absolute Gasteiger partial charge is 0.493 e. The van der Waals surface area contributed by atoms with E-state index >= 15 is 0 Å². The molecule has 0 bridgehead atoms. The van der Waals surface area contributed by atoms with Gasteiger partial charge in [0, 0.05) is 11.8 Å². The van der Waals surface area contributed by atoms with Gasteiger partial charge in [-0.3, -0.25) is 4.40 Å². The van der Waals surface area contributed by atoms with E-state index in [0.29, 0.717) is 17.3 Å². The van der Waals surface area contributed by atoms with Crippen LogP contribution in [-0.4, -0.2) is 23.6 Å². The highest BCUT2D eigenvalue weighted by Crippen LogP contribution is 2.34. The number of ether oxygens (including phenoxy) is 2. The molecule has 0 amide bonds. The third-order valence-corrected chi connectivity index (χ3v) is 3.48. The Labute approximate surface area is 122 Å². The molecule has 0 fully saturated rings. The van der Waals surface area contributed by atoms with Crippen LogP contribution in [0, 0.1) is 6.92 Å². The predicted octanol–water partition coefficient (Wildman–Crippen LogP) is 2.91. The number of aryl methyl sites for hydroxylation is 1. The molecule has 5 heteroatoms. The fourth-order valence-electron chi connectivity index (χ4n) is 2.36. The molecule has 0 radical (unpaired) electrons. The van der Waals surface area contributed by atoms with Gasteiger partial charge in [0.1, 0.15) is 17.2 Å². The molecular weight excluding hydrogens is 266 g/mol. The zero-order valence-electron chi connectivity index (χ0n) is 12.3. The van der Waals surface area contributed by atoms with Gasteiger partial charge in [0.15, 0.2) is 11.5 Å². The van der Waals surface area contributed by atoms with Crippen LogP contribution >= 0.6 is 0 Å². The maximum atomic E-state index is 6.21. The maximum Gasteiger partial charge on any atom is 0.161 e. The molecule has 0 aliphatic rings. The lowest BCUT2D eigenvalue weighted by Gasteiger charge is -2.08. The lowest BCUT2D eigenvalue weighted by Crippen LogP contribution is -1.95. The van der Waals surface area contributed by atoms with Crippen molar-refractivity contribution in [3.05, 3.63) is 42.1 Å². The van der Waals surface area contributed by atoms with Crippen molar-refractivity contribution in [3.63, 3.8) is 0 Å². The monoisotopic (exact) mass is 283 g/mol. The van der Waals surface area contributed by atoms with Gasteiger partial charge < -0.3 is 15.2 Å². The highest BCUT2D eigenvalue weighted by atomic mass is 16.5. The molecular formula is C16H17N3O2. The van der Waals surface area contributed by atoms with E-state index < -0.39 is 0 Å². The van der Waals surface area contributed by atoms with Crippen molar-refractivity contribution in [1.29, 1.82) is 0 Å². The molecule has 0 atom stereocenters. The van der Waals surface area contributed by atoms with Crippen LogP contribution in [0.3, 0.4) is 0 Å². The van der Waals surface area contributed by atoms with Gasteiger partial charge >= 0.3 is 0 Å². The van der Waals surface area contributed by atoms with E-state index in [-0.39, 0.29) is 0 Å². The van der Waals surface area contributed by atoms with Crippen molar-refractivity contribution in [1.82, 2.24) is 9.38 Å². The number of nitrogens with zero attached hydrogens (tertiary/aromatic N) is 2. The summed E-state index contributed by atoms with van der Waals surface area (Å²) in [5.41, 5.74) is 9.82. The van der Waals surface area contributed by atoms with Crippen LogP contribution < -0.4 is 15.2 Å². The lowest BCUT2D eigenvalue weighted by atomic mass is 10.1. The van der Waals surface area contributed by atoms with E-state index in [2.05, 4.69) is 4.98 Å². The average Bonchev–Trinajstić information content (AvgIpc) is 2.82. The second kappa shape index (κ2) is 5.01. The van der Waals surface area contributed by atoms with Crippen molar-refractivity contribution in [2.24, 2.45) is 0 Å². The highest BCUT2D eigenvalue weighted by Gasteiger charge is 2.13. The van der Waals surface area contributed by atoms with Crippen molar-refractivity contribution in [2.75, 3.05) is 20.0 Å². The van der Waals surface area contributed by atoms with Crippen LogP contribution in [0.25, 0.3) is 16.9 Å². The molecule has 21 heavy (non-hydrogen) atoms. The molecule has 2 heterocycles. The second-order valence-corrected chi connectivity index (χ2v) is 4.85. The molecule has 2 aromatic heterocycles. The number of methoxy groups -OCH3 is 2. The number of fused-ring (bicyclic) bond motifs is 1. The highest BCUT2D eigenvalue weighted by molar-refractivity contribution is 5.76. The molecule has 0 aliphatic carbocycles. The molecule has 0 saturated carbocycles. The number of aromatic nitrogens is 2. The van der Waals surface area contributed by atoms with Crippen molar-refractivity contribution in [2.45, 2.75) is 6.92 Å². The average molecular weight is 283 g/mol. The summed E-state index contributed by atoms with van der Waals surface area (Å²) in [6.07, 6.45) is 1.93. The van der Waals surface area contributed by atoms with Gasteiger partial charge in [0.2, 0.25) is 0 Å². The van der Waals surface area contributed by atoms with Crippen LogP contribution in [-0.2, 0) is 0 Å². The first-order valence-electron chi connectivity index (χ1n) is 6.60. The first kappa shape index (κ1) is 13.3. The predicted molar refractivity (Wildman–Crippen MR) is 82.9 cm³/mol. The summed E-state index contributed by atoms with van der Waals surface area (Å²) >= 11 is 0. The number of nitrogen functional groups attached to an aromatic ring is 1. The molecule has 2 N–H and O–H groups in total. The normalized spacial score (nSPS) is 10.8. The molecule has 0 saturated heterocycles. The number of hydrogen-bond acceptors (Lipinski definition) is 4. The lowest BCUT2D eigenvalue weighted by molar-refractivity contribution is 0.355. The summed E-state index contributed by atoms with van der Waals surface area (Å²) in [5.74, 6) is 1.94. The maximum absolute atomic E-state index is 6.21. The van der Waals surface area contributed by atoms with Gasteiger partial charge in [0.05, 0.1) is 14.2 Å². The van der Waals surface area contributed by atoms with Crippen LogP contribution in [0.4, 0.5) is 5.82 Å². The topological polar surface area (TPSA) is 61.8 Å². The Kier molecular flexibility index (Phi) is 3.17. The summed E-state index contributed by atoms with van der Waals surface area (Å²) in [6, 6.07) is 9.66. The quantitative estimate of drug-likeness (QED) is 0.803. The van der Waals surface area contributed by atoms with Crippen molar-refractivity contribution in [3.8, 4) is 22.8 Å². The molecule has 0 aliphatic heterocycles. The van der Waals surface area contributed by atoms with Crippen LogP contribution in [0.2, 0.25) is 0 Å². The first-order chi connectivity index (χ1) is 10.1. The van der Waals surface area contributed by atoms with Gasteiger partial charge in [-0.15, -0.1) is 0 Å². The van der Waals surface area contributed by atoms with E-state index in [1.54, 1.807) is 14.2 Å². The zero-order valence-corrected chi connectivity index (χ0v) is 12.3. The Balaban J connectivity index is 2.18. The second-order valence-electron chi connectivity index (χ2n) is 4.85. The smallest absolute Gasteiger partial charge is 0.161 e. The van der Waals surface area contributed by atoms with E-state index in [1.807, 2.05) is 47.9 Å². The van der Waals surface area contributed by atoms with Crippen LogP contribution in [0.15, 0.2) is 36.5 Å². The Morgan fingerprint density at radius 3 is 2.52 bits per heavy atom. The van der Waals surface area contributed by atoms with Crippen LogP contribution in [0.1, 0.15) is 5.56 Å². The summed E-state index contributed by atoms with van der Waals surface area (Å²) < 4.78 is 12.5. The minimum atomic E-state index is 0.609. The fraction of sp³-hybridized carbons (Fsp3) is 0.188. The van der Waals surface area contributed by atoms with Gasteiger partial charge in [-0.1, -0.05) is 0 Å². The van der Waals surface area contributed by atoms with Gasteiger partial charge in [-0.2, -0.15) is 0 Å². The van der Waals surface area contributed by atoms with Crippen LogP contribution in [0.5, 0.6) is 11.5 Å². The standard InChI is InChI=1S/C16H17N3O2/c1-10-6-7-19-14(8-10)18-15(16(19)17)11-4-5-12(20-2)13(9-11)21-3/h4-9H,17H2,1-3H3. The molecule has 5 nitrogen and oxygen atoms in total. The number of benzene rings is 1. The molecule has 3 rings (SSSR count). The third kappa shape index (κ3) is 2.16. The number of pyridine rings is 1. The Bertz CT molecular complexity index is 809.